The van der Waals surface area contributed by atoms with Gasteiger partial charge in [0.15, 0.2) is 0 Å². The van der Waals surface area contributed by atoms with E-state index in [0.29, 0.717) is 25.9 Å². The normalized spacial score (nSPS) is 10.2. The van der Waals surface area contributed by atoms with Crippen LogP contribution >= 0.6 is 39.1 Å². The highest BCUT2D eigenvalue weighted by Gasteiger charge is 2.08. The van der Waals surface area contributed by atoms with Crippen molar-refractivity contribution >= 4 is 50.9 Å². The van der Waals surface area contributed by atoms with Gasteiger partial charge in [-0.25, -0.2) is 4.98 Å². The molecule has 1 aromatic heterocycles. The molecule has 18 heavy (non-hydrogen) atoms. The predicted octanol–water partition coefficient (Wildman–Crippen LogP) is 4.40. The Kier molecular flexibility index (Phi) is 4.22. The van der Waals surface area contributed by atoms with Crippen molar-refractivity contribution < 1.29 is 4.79 Å². The summed E-state index contributed by atoms with van der Waals surface area (Å²) in [6, 6.07) is 8.13. The summed E-state index contributed by atoms with van der Waals surface area (Å²) in [5.41, 5.74) is 0.480. The molecule has 0 saturated heterocycles. The standard InChI is InChI=1S/C12H7BrCl2N2O/c13-9-5-7(1-2-10(9)15)12(18)17-11-6-8(14)3-4-16-11/h1-6H,(H,16,17,18). The number of pyridine rings is 1. The molecule has 0 aliphatic carbocycles. The Morgan fingerprint density at radius 1 is 1.22 bits per heavy atom. The van der Waals surface area contributed by atoms with Crippen LogP contribution in [0.2, 0.25) is 10.0 Å². The molecule has 0 radical (unpaired) electrons. The second-order valence-corrected chi connectivity index (χ2v) is 5.14. The number of benzene rings is 1. The Morgan fingerprint density at radius 3 is 2.67 bits per heavy atom. The van der Waals surface area contributed by atoms with Gasteiger partial charge in [0.25, 0.3) is 5.91 Å². The number of carbonyl (C=O) groups is 1. The lowest BCUT2D eigenvalue weighted by atomic mass is 10.2. The molecule has 0 spiro atoms. The molecule has 0 atom stereocenters. The van der Waals surface area contributed by atoms with Gasteiger partial charge in [0.05, 0.1) is 5.02 Å². The van der Waals surface area contributed by atoms with Crippen molar-refractivity contribution in [3.05, 3.63) is 56.6 Å². The van der Waals surface area contributed by atoms with E-state index in [1.165, 1.54) is 6.20 Å². The van der Waals surface area contributed by atoms with Crippen molar-refractivity contribution in [3.8, 4) is 0 Å². The minimum absolute atomic E-state index is 0.276. The fraction of sp³-hybridized carbons (Fsp3) is 0. The maximum Gasteiger partial charge on any atom is 0.256 e. The Bertz CT molecular complexity index is 604. The highest BCUT2D eigenvalue weighted by Crippen LogP contribution is 2.23. The number of hydrogen-bond acceptors (Lipinski definition) is 2. The van der Waals surface area contributed by atoms with Crippen LogP contribution in [0.4, 0.5) is 5.82 Å². The molecule has 1 N–H and O–H groups in total. The lowest BCUT2D eigenvalue weighted by molar-refractivity contribution is 0.102. The smallest absolute Gasteiger partial charge is 0.256 e. The summed E-state index contributed by atoms with van der Waals surface area (Å²) >= 11 is 14.9. The van der Waals surface area contributed by atoms with E-state index in [1.807, 2.05) is 0 Å². The minimum atomic E-state index is -0.276. The first kappa shape index (κ1) is 13.3. The lowest BCUT2D eigenvalue weighted by Crippen LogP contribution is -2.12. The summed E-state index contributed by atoms with van der Waals surface area (Å²) in [6.07, 6.45) is 1.52. The van der Waals surface area contributed by atoms with Crippen LogP contribution in [0.1, 0.15) is 10.4 Å². The predicted molar refractivity (Wildman–Crippen MR) is 76.4 cm³/mol. The van der Waals surface area contributed by atoms with Crippen molar-refractivity contribution in [2.45, 2.75) is 0 Å². The second-order valence-electron chi connectivity index (χ2n) is 3.44. The Labute approximate surface area is 122 Å². The number of hydrogen-bond donors (Lipinski definition) is 1. The first-order valence-electron chi connectivity index (χ1n) is 4.94. The summed E-state index contributed by atoms with van der Waals surface area (Å²) in [5.74, 6) is 0.126. The fourth-order valence-electron chi connectivity index (χ4n) is 1.30. The minimum Gasteiger partial charge on any atom is -0.307 e. The van der Waals surface area contributed by atoms with Gasteiger partial charge in [0, 0.05) is 21.3 Å². The van der Waals surface area contributed by atoms with Gasteiger partial charge in [0.1, 0.15) is 5.82 Å². The molecule has 0 fully saturated rings. The Morgan fingerprint density at radius 2 is 2.00 bits per heavy atom. The van der Waals surface area contributed by atoms with Crippen molar-refractivity contribution in [2.24, 2.45) is 0 Å². The van der Waals surface area contributed by atoms with Crippen molar-refractivity contribution in [2.75, 3.05) is 5.32 Å². The van der Waals surface area contributed by atoms with Crippen LogP contribution in [-0.4, -0.2) is 10.9 Å². The molecule has 1 amide bonds. The number of aromatic nitrogens is 1. The van der Waals surface area contributed by atoms with Gasteiger partial charge in [-0.15, -0.1) is 0 Å². The number of nitrogens with one attached hydrogen (secondary N) is 1. The molecule has 92 valence electrons. The van der Waals surface area contributed by atoms with Gasteiger partial charge in [0.2, 0.25) is 0 Å². The van der Waals surface area contributed by atoms with Crippen molar-refractivity contribution in [3.63, 3.8) is 0 Å². The maximum absolute atomic E-state index is 11.9. The molecular formula is C12H7BrCl2N2O. The third-order valence-electron chi connectivity index (χ3n) is 2.15. The highest BCUT2D eigenvalue weighted by molar-refractivity contribution is 9.10. The number of carbonyl (C=O) groups excluding carboxylic acids is 1. The zero-order chi connectivity index (χ0) is 13.1. The molecule has 0 unspecified atom stereocenters. The molecule has 1 aromatic carbocycles. The average molecular weight is 346 g/mol. The topological polar surface area (TPSA) is 42.0 Å². The fourth-order valence-corrected chi connectivity index (χ4v) is 1.96. The molecule has 6 heteroatoms. The van der Waals surface area contributed by atoms with E-state index in [0.717, 1.165) is 0 Å². The van der Waals surface area contributed by atoms with E-state index >= 15 is 0 Å². The van der Waals surface area contributed by atoms with Crippen LogP contribution < -0.4 is 5.32 Å². The summed E-state index contributed by atoms with van der Waals surface area (Å²) in [6.45, 7) is 0. The number of rotatable bonds is 2. The molecule has 3 nitrogen and oxygen atoms in total. The zero-order valence-electron chi connectivity index (χ0n) is 8.95. The molecule has 0 bridgehead atoms. The summed E-state index contributed by atoms with van der Waals surface area (Å²) in [4.78, 5) is 15.9. The quantitative estimate of drug-likeness (QED) is 0.876. The second kappa shape index (κ2) is 5.69. The number of nitrogens with zero attached hydrogens (tertiary/aromatic N) is 1. The van der Waals surface area contributed by atoms with E-state index in [4.69, 9.17) is 23.2 Å². The number of amides is 1. The molecule has 2 rings (SSSR count). The molecule has 0 aliphatic rings. The van der Waals surface area contributed by atoms with Crippen LogP contribution in [0.3, 0.4) is 0 Å². The Balaban J connectivity index is 2.19. The van der Waals surface area contributed by atoms with Crippen LogP contribution in [0.25, 0.3) is 0 Å². The molecule has 0 saturated carbocycles. The molecule has 1 heterocycles. The molecule has 2 aromatic rings. The first-order chi connectivity index (χ1) is 8.56. The van der Waals surface area contributed by atoms with Gasteiger partial charge >= 0.3 is 0 Å². The Hall–Kier alpha value is -1.10. The summed E-state index contributed by atoms with van der Waals surface area (Å²) in [5, 5.41) is 3.71. The van der Waals surface area contributed by atoms with E-state index in [9.17, 15) is 4.79 Å². The van der Waals surface area contributed by atoms with Gasteiger partial charge in [-0.3, -0.25) is 4.79 Å². The maximum atomic E-state index is 11.9. The monoisotopic (exact) mass is 344 g/mol. The van der Waals surface area contributed by atoms with E-state index in [-0.39, 0.29) is 5.91 Å². The van der Waals surface area contributed by atoms with Crippen molar-refractivity contribution in [1.29, 1.82) is 0 Å². The molecule has 0 aliphatic heterocycles. The average Bonchev–Trinajstić information content (AvgIpc) is 2.32. The third-order valence-corrected chi connectivity index (χ3v) is 3.59. The number of anilines is 1. The SMILES string of the molecule is O=C(Nc1cc(Cl)ccn1)c1ccc(Cl)c(Br)c1. The summed E-state index contributed by atoms with van der Waals surface area (Å²) in [7, 11) is 0. The molecular weight excluding hydrogens is 339 g/mol. The van der Waals surface area contributed by atoms with Gasteiger partial charge in [-0.05, 0) is 46.3 Å². The first-order valence-corrected chi connectivity index (χ1v) is 6.49. The third kappa shape index (κ3) is 3.22. The van der Waals surface area contributed by atoms with Gasteiger partial charge in [-0.1, -0.05) is 23.2 Å². The van der Waals surface area contributed by atoms with Crippen LogP contribution in [0.15, 0.2) is 41.0 Å². The lowest BCUT2D eigenvalue weighted by Gasteiger charge is -2.05. The van der Waals surface area contributed by atoms with Crippen molar-refractivity contribution in [1.82, 2.24) is 4.98 Å². The van der Waals surface area contributed by atoms with E-state index < -0.39 is 0 Å². The van der Waals surface area contributed by atoms with E-state index in [2.05, 4.69) is 26.2 Å². The van der Waals surface area contributed by atoms with Crippen LogP contribution in [-0.2, 0) is 0 Å². The van der Waals surface area contributed by atoms with Crippen LogP contribution in [0, 0.1) is 0 Å². The van der Waals surface area contributed by atoms with Gasteiger partial charge < -0.3 is 5.32 Å². The van der Waals surface area contributed by atoms with E-state index in [1.54, 1.807) is 30.3 Å². The van der Waals surface area contributed by atoms with Crippen LogP contribution in [0.5, 0.6) is 0 Å². The number of halogens is 3. The zero-order valence-corrected chi connectivity index (χ0v) is 12.1. The highest BCUT2D eigenvalue weighted by atomic mass is 79.9. The van der Waals surface area contributed by atoms with Gasteiger partial charge in [-0.2, -0.15) is 0 Å². The summed E-state index contributed by atoms with van der Waals surface area (Å²) < 4.78 is 0.663. The largest absolute Gasteiger partial charge is 0.307 e.